The Morgan fingerprint density at radius 3 is 2.50 bits per heavy atom. The molecule has 2 heterocycles. The van der Waals surface area contributed by atoms with Crippen LogP contribution in [0.2, 0.25) is 0 Å². The van der Waals surface area contributed by atoms with Gasteiger partial charge in [-0.25, -0.2) is 0 Å². The molecule has 2 aromatic carbocycles. The monoisotopic (exact) mass is 485 g/mol. The Balaban J connectivity index is 1.86. The molecule has 1 unspecified atom stereocenters. The van der Waals surface area contributed by atoms with Crippen molar-refractivity contribution in [3.8, 4) is 0 Å². The van der Waals surface area contributed by atoms with Crippen molar-refractivity contribution in [1.29, 1.82) is 0 Å². The molecule has 0 amide bonds. The Hall–Kier alpha value is -1.61. The molecular formula is C19H16ClNO5SSe. The van der Waals surface area contributed by atoms with E-state index in [0.29, 0.717) is 14.6 Å². The molecule has 0 N–H and O–H groups in total. The van der Waals surface area contributed by atoms with Gasteiger partial charge in [0.1, 0.15) is 0 Å². The van der Waals surface area contributed by atoms with Crippen molar-refractivity contribution in [2.24, 2.45) is 0 Å². The summed E-state index contributed by atoms with van der Waals surface area (Å²) in [5.74, 6) is 0.606. The number of thioether (sulfide) groups is 1. The zero-order chi connectivity index (χ0) is 19.9. The van der Waals surface area contributed by atoms with Crippen LogP contribution < -0.4 is 23.3 Å². The molecule has 0 saturated heterocycles. The summed E-state index contributed by atoms with van der Waals surface area (Å²) in [5.41, 5.74) is 1.81. The van der Waals surface area contributed by atoms with Gasteiger partial charge in [0.2, 0.25) is 0 Å². The summed E-state index contributed by atoms with van der Waals surface area (Å²) in [7, 11) is -1.05. The van der Waals surface area contributed by atoms with E-state index in [4.69, 9.17) is 8.11 Å². The van der Waals surface area contributed by atoms with Crippen LogP contribution in [0.25, 0.3) is 5.76 Å². The maximum absolute atomic E-state index is 11.4. The van der Waals surface area contributed by atoms with Crippen LogP contribution in [-0.2, 0) is 8.11 Å². The summed E-state index contributed by atoms with van der Waals surface area (Å²) < 4.78 is 46.1. The van der Waals surface area contributed by atoms with Gasteiger partial charge in [-0.3, -0.25) is 0 Å². The third kappa shape index (κ3) is 3.78. The topological polar surface area (TPSA) is 90.9 Å². The van der Waals surface area contributed by atoms with E-state index in [1.54, 1.807) is 37.1 Å². The summed E-state index contributed by atoms with van der Waals surface area (Å²) in [6.07, 6.45) is 3.64. The molecule has 4 rings (SSSR count). The van der Waals surface area contributed by atoms with Gasteiger partial charge in [-0.05, 0) is 0 Å². The van der Waals surface area contributed by atoms with Gasteiger partial charge < -0.3 is 0 Å². The Kier molecular flexibility index (Phi) is 5.39. The molecule has 0 saturated carbocycles. The first-order chi connectivity index (χ1) is 13.4. The molecule has 0 aliphatic carbocycles. The molecule has 2 aromatic rings. The number of para-hydroxylation sites is 1. The minimum atomic E-state index is -4.56. The van der Waals surface area contributed by atoms with Crippen molar-refractivity contribution in [1.82, 2.24) is 0 Å². The van der Waals surface area contributed by atoms with E-state index in [-0.39, 0.29) is 0 Å². The van der Waals surface area contributed by atoms with E-state index in [0.717, 1.165) is 21.2 Å². The SMILES string of the molecule is COC1=CC(/C=C2/Sc3ccccc3N2C)=[Se](O[Cl+3]([O-])([O-])[O-])c2ccccc21. The molecule has 9 heteroatoms. The maximum atomic E-state index is 11.4. The predicted molar refractivity (Wildman–Crippen MR) is 102 cm³/mol. The zero-order valence-corrected chi connectivity index (χ0v) is 18.2. The third-order valence-corrected chi connectivity index (χ3v) is 10.4. The van der Waals surface area contributed by atoms with Crippen molar-refractivity contribution in [3.05, 3.63) is 71.3 Å². The molecule has 2 aliphatic heterocycles. The average molecular weight is 485 g/mol. The summed E-state index contributed by atoms with van der Waals surface area (Å²) in [5, 5.41) is 0.916. The molecule has 6 nitrogen and oxygen atoms in total. The fraction of sp³-hybridized carbons (Fsp3) is 0.105. The molecule has 0 radical (unpaired) electrons. The van der Waals surface area contributed by atoms with E-state index >= 15 is 0 Å². The van der Waals surface area contributed by atoms with Gasteiger partial charge in [-0.15, -0.1) is 0 Å². The van der Waals surface area contributed by atoms with Gasteiger partial charge in [0.25, 0.3) is 0 Å². The number of hydrogen-bond donors (Lipinski definition) is 0. The van der Waals surface area contributed by atoms with Crippen LogP contribution in [0.1, 0.15) is 5.56 Å². The second kappa shape index (κ2) is 7.66. The first kappa shape index (κ1) is 19.7. The van der Waals surface area contributed by atoms with E-state index in [1.807, 2.05) is 54.4 Å². The summed E-state index contributed by atoms with van der Waals surface area (Å²) in [6, 6.07) is 15.2. The number of ether oxygens (including phenoxy) is 1. The molecule has 28 heavy (non-hydrogen) atoms. The summed E-state index contributed by atoms with van der Waals surface area (Å²) in [6.45, 7) is 0. The number of benzene rings is 2. The zero-order valence-electron chi connectivity index (χ0n) is 15.0. The number of allylic oxidation sites excluding steroid dienone is 2. The van der Waals surface area contributed by atoms with Gasteiger partial charge >= 0.3 is 173 Å². The quantitative estimate of drug-likeness (QED) is 0.547. The summed E-state index contributed by atoms with van der Waals surface area (Å²) in [4.78, 5) is 3.14. The number of halogens is 1. The normalized spacial score (nSPS) is 20.1. The standard InChI is InChI=1S/C19H16ClNO5SSe/c1-21-15-8-4-5-9-17(15)27-19(21)12-13-11-16(25-2)14-7-3-6-10-18(14)28(13)26-20(22,23)24/h3-12H,1-2H3/b19-12+. The first-order valence-corrected chi connectivity index (χ1v) is 12.6. The van der Waals surface area contributed by atoms with Crippen LogP contribution in [0.3, 0.4) is 0 Å². The molecule has 0 bridgehead atoms. The van der Waals surface area contributed by atoms with E-state index in [2.05, 4.69) is 0 Å². The number of methoxy groups -OCH3 is 1. The second-order valence-electron chi connectivity index (χ2n) is 5.93. The molecule has 0 spiro atoms. The molecular weight excluding hydrogens is 469 g/mol. The van der Waals surface area contributed by atoms with Crippen LogP contribution in [0.5, 0.6) is 0 Å². The molecule has 146 valence electrons. The van der Waals surface area contributed by atoms with Crippen molar-refractivity contribution < 1.29 is 32.3 Å². The predicted octanol–water partition coefficient (Wildman–Crippen LogP) is -0.362. The fourth-order valence-electron chi connectivity index (χ4n) is 3.00. The summed E-state index contributed by atoms with van der Waals surface area (Å²) >= 11 is -1.02. The minimum absolute atomic E-state index is 0.606. The number of rotatable bonds is 4. The van der Waals surface area contributed by atoms with Gasteiger partial charge in [-0.1, -0.05) is 0 Å². The molecule has 2 aliphatic rings. The Bertz CT molecular complexity index is 1030. The number of anilines is 1. The fourth-order valence-corrected chi connectivity index (χ4v) is 9.06. The van der Waals surface area contributed by atoms with Crippen LogP contribution >= 0.6 is 11.8 Å². The van der Waals surface area contributed by atoms with E-state index in [9.17, 15) is 14.0 Å². The molecule has 1 atom stereocenters. The number of fused-ring (bicyclic) bond motifs is 2. The van der Waals surface area contributed by atoms with Gasteiger partial charge in [-0.2, -0.15) is 0 Å². The Morgan fingerprint density at radius 1 is 1.07 bits per heavy atom. The van der Waals surface area contributed by atoms with Gasteiger partial charge in [0.15, 0.2) is 0 Å². The van der Waals surface area contributed by atoms with Crippen molar-refractivity contribution in [2.45, 2.75) is 4.90 Å². The first-order valence-electron chi connectivity index (χ1n) is 8.17. The average Bonchev–Trinajstić information content (AvgIpc) is 2.98. The number of nitrogens with zero attached hydrogens (tertiary/aromatic N) is 1. The third-order valence-electron chi connectivity index (χ3n) is 4.24. The van der Waals surface area contributed by atoms with E-state index in [1.165, 1.54) is 0 Å². The van der Waals surface area contributed by atoms with Crippen LogP contribution in [0.4, 0.5) is 5.69 Å². The number of hydrogen-bond acceptors (Lipinski definition) is 7. The van der Waals surface area contributed by atoms with E-state index < -0.39 is 24.0 Å². The van der Waals surface area contributed by atoms with Crippen molar-refractivity contribution >= 4 is 45.9 Å². The second-order valence-corrected chi connectivity index (χ2v) is 11.7. The molecule has 0 aromatic heterocycles. The van der Waals surface area contributed by atoms with Crippen LogP contribution in [0, 0.1) is 10.2 Å². The van der Waals surface area contributed by atoms with Crippen LogP contribution in [0.15, 0.2) is 70.6 Å². The Labute approximate surface area is 173 Å². The van der Waals surface area contributed by atoms with Gasteiger partial charge in [0.05, 0.1) is 0 Å². The Morgan fingerprint density at radius 2 is 1.79 bits per heavy atom. The van der Waals surface area contributed by atoms with Crippen molar-refractivity contribution in [3.63, 3.8) is 0 Å². The van der Waals surface area contributed by atoms with Gasteiger partial charge in [0, 0.05) is 0 Å². The molecule has 0 fully saturated rings. The van der Waals surface area contributed by atoms with Crippen LogP contribution in [-0.4, -0.2) is 32.4 Å². The van der Waals surface area contributed by atoms with Crippen molar-refractivity contribution in [2.75, 3.05) is 19.1 Å².